The van der Waals surface area contributed by atoms with Crippen molar-refractivity contribution in [1.82, 2.24) is 0 Å². The van der Waals surface area contributed by atoms with Crippen LogP contribution in [0.2, 0.25) is 0 Å². The number of nitrogens with zero attached hydrogens (tertiary/aromatic N) is 1. The fraction of sp³-hybridized carbons (Fsp3) is 0.250. The first-order valence-corrected chi connectivity index (χ1v) is 4.39. The van der Waals surface area contributed by atoms with Crippen LogP contribution in [0.3, 0.4) is 0 Å². The molecule has 0 heterocycles. The van der Waals surface area contributed by atoms with E-state index in [9.17, 15) is 0 Å². The van der Waals surface area contributed by atoms with Crippen LogP contribution in [-0.4, -0.2) is 14.2 Å². The molecule has 0 fully saturated rings. The number of ether oxygens (including phenoxy) is 2. The third-order valence-corrected chi connectivity index (χ3v) is 1.80. The van der Waals surface area contributed by atoms with Gasteiger partial charge < -0.3 is 9.47 Å². The van der Waals surface area contributed by atoms with E-state index in [2.05, 4.69) is 11.8 Å². The molecule has 0 spiro atoms. The smallest absolute Gasteiger partial charge is 0.134 e. The molecular weight excluding hydrogens is 190 g/mol. The highest BCUT2D eigenvalue weighted by atomic mass is 16.5. The quantitative estimate of drug-likeness (QED) is 0.687. The highest BCUT2D eigenvalue weighted by molar-refractivity contribution is 5.50. The van der Waals surface area contributed by atoms with Crippen LogP contribution < -0.4 is 9.47 Å². The lowest BCUT2D eigenvalue weighted by Crippen LogP contribution is -1.89. The molecule has 0 saturated carbocycles. The van der Waals surface area contributed by atoms with Crippen molar-refractivity contribution in [1.29, 1.82) is 5.26 Å². The minimum Gasteiger partial charge on any atom is -0.497 e. The second-order valence-corrected chi connectivity index (χ2v) is 2.70. The topological polar surface area (TPSA) is 42.2 Å². The van der Waals surface area contributed by atoms with E-state index in [1.165, 1.54) is 0 Å². The predicted octanol–water partition coefficient (Wildman–Crippen LogP) is 1.97. The molecule has 0 aliphatic carbocycles. The minimum absolute atomic E-state index is 0.209. The van der Waals surface area contributed by atoms with Crippen LogP contribution in [0, 0.1) is 23.2 Å². The average Bonchev–Trinajstić information content (AvgIpc) is 2.29. The molecule has 0 N–H and O–H groups in total. The van der Waals surface area contributed by atoms with Crippen molar-refractivity contribution in [2.24, 2.45) is 0 Å². The second-order valence-electron chi connectivity index (χ2n) is 2.70. The Morgan fingerprint density at radius 3 is 2.67 bits per heavy atom. The highest BCUT2D eigenvalue weighted by Gasteiger charge is 2.01. The summed E-state index contributed by atoms with van der Waals surface area (Å²) in [7, 11) is 3.17. The first kappa shape index (κ1) is 10.9. The van der Waals surface area contributed by atoms with Gasteiger partial charge in [-0.3, -0.25) is 0 Å². The summed E-state index contributed by atoms with van der Waals surface area (Å²) in [6, 6.07) is 7.33. The van der Waals surface area contributed by atoms with E-state index in [0.717, 1.165) is 11.3 Å². The Bertz CT molecular complexity index is 435. The summed E-state index contributed by atoms with van der Waals surface area (Å²) in [6.07, 6.45) is 0.209. The zero-order valence-corrected chi connectivity index (χ0v) is 8.70. The van der Waals surface area contributed by atoms with Crippen molar-refractivity contribution in [2.75, 3.05) is 14.2 Å². The molecule has 0 atom stereocenters. The summed E-state index contributed by atoms with van der Waals surface area (Å²) in [5.41, 5.74) is 0.729. The Morgan fingerprint density at radius 1 is 1.27 bits per heavy atom. The summed E-state index contributed by atoms with van der Waals surface area (Å²) in [6.45, 7) is 0. The molecule has 1 rings (SSSR count). The number of methoxy groups -OCH3 is 2. The molecule has 0 aliphatic heterocycles. The number of hydrogen-bond acceptors (Lipinski definition) is 3. The third-order valence-electron chi connectivity index (χ3n) is 1.80. The van der Waals surface area contributed by atoms with Crippen LogP contribution in [0.1, 0.15) is 12.0 Å². The van der Waals surface area contributed by atoms with Crippen molar-refractivity contribution in [3.05, 3.63) is 23.8 Å². The van der Waals surface area contributed by atoms with Crippen molar-refractivity contribution in [2.45, 2.75) is 6.42 Å². The van der Waals surface area contributed by atoms with Gasteiger partial charge in [0.1, 0.15) is 11.5 Å². The molecule has 0 radical (unpaired) electrons. The molecular formula is C12H11NO2. The molecule has 0 aromatic heterocycles. The summed E-state index contributed by atoms with van der Waals surface area (Å²) in [5.74, 6) is 6.99. The van der Waals surface area contributed by atoms with Gasteiger partial charge in [-0.2, -0.15) is 5.26 Å². The third kappa shape index (κ3) is 2.93. The zero-order valence-electron chi connectivity index (χ0n) is 8.70. The number of benzene rings is 1. The van der Waals surface area contributed by atoms with E-state index < -0.39 is 0 Å². The Morgan fingerprint density at radius 2 is 2.07 bits per heavy atom. The molecule has 76 valence electrons. The first-order chi connectivity index (χ1) is 7.31. The molecule has 0 amide bonds. The molecule has 1 aromatic carbocycles. The molecule has 0 bridgehead atoms. The second kappa shape index (κ2) is 5.57. The van der Waals surface area contributed by atoms with Crippen molar-refractivity contribution < 1.29 is 9.47 Å². The van der Waals surface area contributed by atoms with Gasteiger partial charge in [0.05, 0.1) is 32.3 Å². The molecule has 1 aromatic rings. The maximum atomic E-state index is 8.36. The molecule has 3 nitrogen and oxygen atoms in total. The predicted molar refractivity (Wildman–Crippen MR) is 56.7 cm³/mol. The maximum absolute atomic E-state index is 8.36. The Hall–Kier alpha value is -2.13. The van der Waals surface area contributed by atoms with Gasteiger partial charge in [0.2, 0.25) is 0 Å². The van der Waals surface area contributed by atoms with Gasteiger partial charge in [-0.25, -0.2) is 0 Å². The van der Waals surface area contributed by atoms with Crippen LogP contribution in [0.15, 0.2) is 18.2 Å². The summed E-state index contributed by atoms with van der Waals surface area (Å²) in [5, 5.41) is 8.36. The summed E-state index contributed by atoms with van der Waals surface area (Å²) >= 11 is 0. The molecule has 15 heavy (non-hydrogen) atoms. The van der Waals surface area contributed by atoms with Gasteiger partial charge in [0.15, 0.2) is 0 Å². The van der Waals surface area contributed by atoms with Gasteiger partial charge in [-0.05, 0) is 18.2 Å². The monoisotopic (exact) mass is 201 g/mol. The van der Waals surface area contributed by atoms with E-state index >= 15 is 0 Å². The lowest BCUT2D eigenvalue weighted by molar-refractivity contribution is 0.402. The van der Waals surface area contributed by atoms with Crippen LogP contribution in [0.5, 0.6) is 11.5 Å². The van der Waals surface area contributed by atoms with Crippen molar-refractivity contribution in [3.63, 3.8) is 0 Å². The van der Waals surface area contributed by atoms with Gasteiger partial charge in [-0.1, -0.05) is 11.8 Å². The van der Waals surface area contributed by atoms with E-state index in [1.54, 1.807) is 32.4 Å². The molecule has 0 aliphatic rings. The summed E-state index contributed by atoms with van der Waals surface area (Å²) in [4.78, 5) is 0. The maximum Gasteiger partial charge on any atom is 0.134 e. The standard InChI is InChI=1S/C12H11NO2/c1-14-11-6-7-12(15-2)10(9-11)5-3-4-8-13/h6-7,9H,4H2,1-2H3. The van der Waals surface area contributed by atoms with Crippen molar-refractivity contribution in [3.8, 4) is 29.4 Å². The molecule has 3 heteroatoms. The Labute approximate surface area is 89.2 Å². The number of nitriles is 1. The zero-order chi connectivity index (χ0) is 11.1. The SMILES string of the molecule is COc1ccc(OC)c(C#CCC#N)c1. The fourth-order valence-electron chi connectivity index (χ4n) is 1.09. The minimum atomic E-state index is 0.209. The largest absolute Gasteiger partial charge is 0.497 e. The van der Waals surface area contributed by atoms with Gasteiger partial charge in [0, 0.05) is 0 Å². The normalized spacial score (nSPS) is 8.33. The Kier molecular flexibility index (Phi) is 4.06. The van der Waals surface area contributed by atoms with Crippen LogP contribution in [-0.2, 0) is 0 Å². The van der Waals surface area contributed by atoms with Crippen molar-refractivity contribution >= 4 is 0 Å². The Balaban J connectivity index is 3.04. The van der Waals surface area contributed by atoms with Gasteiger partial charge >= 0.3 is 0 Å². The van der Waals surface area contributed by atoms with E-state index in [-0.39, 0.29) is 6.42 Å². The first-order valence-electron chi connectivity index (χ1n) is 4.39. The van der Waals surface area contributed by atoms with E-state index in [4.69, 9.17) is 14.7 Å². The van der Waals surface area contributed by atoms with Crippen LogP contribution in [0.25, 0.3) is 0 Å². The van der Waals surface area contributed by atoms with Crippen LogP contribution >= 0.6 is 0 Å². The lowest BCUT2D eigenvalue weighted by atomic mass is 10.2. The lowest BCUT2D eigenvalue weighted by Gasteiger charge is -2.05. The molecule has 0 saturated heterocycles. The van der Waals surface area contributed by atoms with E-state index in [1.807, 2.05) is 6.07 Å². The molecule has 0 unspecified atom stereocenters. The average molecular weight is 201 g/mol. The fourth-order valence-corrected chi connectivity index (χ4v) is 1.09. The van der Waals surface area contributed by atoms with Crippen LogP contribution in [0.4, 0.5) is 0 Å². The highest BCUT2D eigenvalue weighted by Crippen LogP contribution is 2.22. The van der Waals surface area contributed by atoms with Gasteiger partial charge in [-0.15, -0.1) is 0 Å². The van der Waals surface area contributed by atoms with E-state index in [0.29, 0.717) is 5.75 Å². The number of rotatable bonds is 2. The summed E-state index contributed by atoms with van der Waals surface area (Å²) < 4.78 is 10.2. The van der Waals surface area contributed by atoms with Gasteiger partial charge in [0.25, 0.3) is 0 Å². The number of hydrogen-bond donors (Lipinski definition) is 0.